The minimum absolute atomic E-state index is 0.0183. The van der Waals surface area contributed by atoms with E-state index in [4.69, 9.17) is 9.26 Å². The number of H-pyrrole nitrogens is 1. The molecule has 24 heavy (non-hydrogen) atoms. The van der Waals surface area contributed by atoms with Gasteiger partial charge in [-0.3, -0.25) is 14.9 Å². The van der Waals surface area contributed by atoms with E-state index in [1.165, 1.54) is 25.4 Å². The molecule has 0 radical (unpaired) electrons. The number of aromatic hydroxyl groups is 1. The van der Waals surface area contributed by atoms with Crippen molar-refractivity contribution < 1.29 is 19.3 Å². The van der Waals surface area contributed by atoms with E-state index in [1.807, 2.05) is 0 Å². The van der Waals surface area contributed by atoms with Crippen molar-refractivity contribution in [3.8, 4) is 34.3 Å². The van der Waals surface area contributed by atoms with Gasteiger partial charge in [-0.05, 0) is 18.2 Å². The highest BCUT2D eigenvalue weighted by Crippen LogP contribution is 2.40. The van der Waals surface area contributed by atoms with Crippen LogP contribution in [0.1, 0.15) is 0 Å². The smallest absolute Gasteiger partial charge is 0.315 e. The van der Waals surface area contributed by atoms with E-state index in [2.05, 4.69) is 15.1 Å². The van der Waals surface area contributed by atoms with E-state index < -0.39 is 21.9 Å². The zero-order valence-corrected chi connectivity index (χ0v) is 12.2. The van der Waals surface area contributed by atoms with Gasteiger partial charge in [-0.15, -0.1) is 0 Å². The van der Waals surface area contributed by atoms with Crippen LogP contribution in [0.5, 0.6) is 11.5 Å². The number of hydrogen-bond acceptors (Lipinski definition) is 8. The minimum Gasteiger partial charge on any atom is -0.504 e. The molecular formula is C14H10N4O6. The Morgan fingerprint density at radius 3 is 2.88 bits per heavy atom. The van der Waals surface area contributed by atoms with Gasteiger partial charge in [0.15, 0.2) is 5.75 Å². The molecule has 10 nitrogen and oxygen atoms in total. The maximum absolute atomic E-state index is 11.7. The molecule has 0 unspecified atom stereocenters. The van der Waals surface area contributed by atoms with Crippen LogP contribution in [-0.4, -0.2) is 32.3 Å². The molecule has 122 valence electrons. The number of nitro groups is 1. The van der Waals surface area contributed by atoms with E-state index in [1.54, 1.807) is 6.07 Å². The van der Waals surface area contributed by atoms with Crippen molar-refractivity contribution in [1.82, 2.24) is 15.1 Å². The van der Waals surface area contributed by atoms with Gasteiger partial charge in [-0.1, -0.05) is 5.16 Å². The standard InChI is InChI=1S/C14H10N4O6/c1-23-11-9(18(21)22)5-7(6-10(11)19)14-16-12(17-24-14)8-3-2-4-15-13(8)20/h2-6,19H,1H3,(H,15,20). The third kappa shape index (κ3) is 2.56. The molecule has 0 amide bonds. The average Bonchev–Trinajstić information content (AvgIpc) is 3.04. The summed E-state index contributed by atoms with van der Waals surface area (Å²) in [5.41, 5.74) is -0.566. The van der Waals surface area contributed by atoms with Gasteiger partial charge in [0, 0.05) is 12.3 Å². The molecule has 2 aromatic heterocycles. The highest BCUT2D eigenvalue weighted by Gasteiger charge is 2.23. The molecular weight excluding hydrogens is 320 g/mol. The van der Waals surface area contributed by atoms with Crippen molar-refractivity contribution >= 4 is 5.69 Å². The number of nitrogens with one attached hydrogen (secondary N) is 1. The number of phenolic OH excluding ortho intramolecular Hbond substituents is 1. The Morgan fingerprint density at radius 1 is 1.42 bits per heavy atom. The fourth-order valence-corrected chi connectivity index (χ4v) is 2.11. The van der Waals surface area contributed by atoms with Gasteiger partial charge < -0.3 is 19.4 Å². The topological polar surface area (TPSA) is 144 Å². The molecule has 0 spiro atoms. The van der Waals surface area contributed by atoms with Crippen LogP contribution in [0.4, 0.5) is 5.69 Å². The number of benzene rings is 1. The van der Waals surface area contributed by atoms with Crippen LogP contribution in [0.15, 0.2) is 39.8 Å². The second-order valence-electron chi connectivity index (χ2n) is 4.64. The first-order valence-corrected chi connectivity index (χ1v) is 6.59. The summed E-state index contributed by atoms with van der Waals surface area (Å²) < 4.78 is 9.85. The maximum atomic E-state index is 11.7. The number of aromatic amines is 1. The van der Waals surface area contributed by atoms with Crippen molar-refractivity contribution in [2.45, 2.75) is 0 Å². The maximum Gasteiger partial charge on any atom is 0.315 e. The van der Waals surface area contributed by atoms with Gasteiger partial charge in [0.2, 0.25) is 11.6 Å². The Labute approximate surface area is 133 Å². The molecule has 1 aromatic carbocycles. The van der Waals surface area contributed by atoms with E-state index in [-0.39, 0.29) is 28.6 Å². The van der Waals surface area contributed by atoms with Gasteiger partial charge in [0.05, 0.1) is 23.2 Å². The van der Waals surface area contributed by atoms with Crippen LogP contribution < -0.4 is 10.3 Å². The summed E-state index contributed by atoms with van der Waals surface area (Å²) in [5, 5.41) is 24.6. The Bertz CT molecular complexity index is 977. The summed E-state index contributed by atoms with van der Waals surface area (Å²) in [6.07, 6.45) is 1.46. The highest BCUT2D eigenvalue weighted by molar-refractivity contribution is 5.69. The van der Waals surface area contributed by atoms with Gasteiger partial charge >= 0.3 is 5.69 Å². The molecule has 10 heteroatoms. The number of phenols is 1. The van der Waals surface area contributed by atoms with Crippen molar-refractivity contribution in [1.29, 1.82) is 0 Å². The number of nitrogens with zero attached hydrogens (tertiary/aromatic N) is 3. The highest BCUT2D eigenvalue weighted by atomic mass is 16.6. The summed E-state index contributed by atoms with van der Waals surface area (Å²) in [5.74, 6) is -0.791. The van der Waals surface area contributed by atoms with E-state index >= 15 is 0 Å². The summed E-state index contributed by atoms with van der Waals surface area (Å²) in [6.45, 7) is 0. The van der Waals surface area contributed by atoms with Crippen molar-refractivity contribution in [3.63, 3.8) is 0 Å². The predicted octanol–water partition coefficient (Wildman–Crippen LogP) is 1.71. The van der Waals surface area contributed by atoms with Crippen molar-refractivity contribution in [2.75, 3.05) is 7.11 Å². The molecule has 0 fully saturated rings. The predicted molar refractivity (Wildman–Crippen MR) is 80.7 cm³/mol. The molecule has 0 saturated carbocycles. The Morgan fingerprint density at radius 2 is 2.21 bits per heavy atom. The number of pyridine rings is 1. The second kappa shape index (κ2) is 5.83. The SMILES string of the molecule is COc1c(O)cc(-c2nc(-c3ccc[nH]c3=O)no2)cc1[N+](=O)[O-]. The lowest BCUT2D eigenvalue weighted by Gasteiger charge is -2.05. The first-order valence-electron chi connectivity index (χ1n) is 6.59. The number of rotatable bonds is 4. The molecule has 0 aliphatic heterocycles. The third-order valence-electron chi connectivity index (χ3n) is 3.18. The molecule has 2 heterocycles. The molecule has 0 saturated heterocycles. The van der Waals surface area contributed by atoms with Gasteiger partial charge in [0.25, 0.3) is 11.4 Å². The van der Waals surface area contributed by atoms with Crippen molar-refractivity contribution in [2.24, 2.45) is 0 Å². The van der Waals surface area contributed by atoms with E-state index in [9.17, 15) is 20.0 Å². The lowest BCUT2D eigenvalue weighted by atomic mass is 10.1. The zero-order valence-electron chi connectivity index (χ0n) is 12.2. The number of hydrogen-bond donors (Lipinski definition) is 2. The lowest BCUT2D eigenvalue weighted by molar-refractivity contribution is -0.385. The first-order chi connectivity index (χ1) is 11.5. The summed E-state index contributed by atoms with van der Waals surface area (Å²) in [4.78, 5) is 28.6. The van der Waals surface area contributed by atoms with E-state index in [0.717, 1.165) is 6.07 Å². The molecule has 3 aromatic rings. The van der Waals surface area contributed by atoms with Crippen LogP contribution >= 0.6 is 0 Å². The Hall–Kier alpha value is -3.69. The fourth-order valence-electron chi connectivity index (χ4n) is 2.11. The largest absolute Gasteiger partial charge is 0.504 e. The number of nitro benzene ring substituents is 1. The molecule has 0 bridgehead atoms. The Kier molecular flexibility index (Phi) is 3.70. The Balaban J connectivity index is 2.10. The summed E-state index contributed by atoms with van der Waals surface area (Å²) in [6, 6.07) is 5.42. The number of methoxy groups -OCH3 is 1. The number of aromatic nitrogens is 3. The molecule has 0 aliphatic rings. The molecule has 0 atom stereocenters. The molecule has 0 aliphatic carbocycles. The third-order valence-corrected chi connectivity index (χ3v) is 3.18. The summed E-state index contributed by atoms with van der Waals surface area (Å²) >= 11 is 0. The van der Waals surface area contributed by atoms with Gasteiger partial charge in [0.1, 0.15) is 0 Å². The lowest BCUT2D eigenvalue weighted by Crippen LogP contribution is -2.07. The normalized spacial score (nSPS) is 10.5. The van der Waals surface area contributed by atoms with Crippen LogP contribution in [0.2, 0.25) is 0 Å². The molecule has 2 N–H and O–H groups in total. The van der Waals surface area contributed by atoms with Gasteiger partial charge in [-0.2, -0.15) is 4.98 Å². The number of ether oxygens (including phenoxy) is 1. The van der Waals surface area contributed by atoms with Crippen molar-refractivity contribution in [3.05, 3.63) is 50.9 Å². The van der Waals surface area contributed by atoms with Crippen LogP contribution in [0, 0.1) is 10.1 Å². The van der Waals surface area contributed by atoms with Gasteiger partial charge in [-0.25, -0.2) is 0 Å². The quantitative estimate of drug-likeness (QED) is 0.543. The zero-order chi connectivity index (χ0) is 17.3. The summed E-state index contributed by atoms with van der Waals surface area (Å²) in [7, 11) is 1.20. The van der Waals surface area contributed by atoms with E-state index in [0.29, 0.717) is 0 Å². The minimum atomic E-state index is -0.707. The average molecular weight is 330 g/mol. The molecule has 3 rings (SSSR count). The van der Waals surface area contributed by atoms with Crippen LogP contribution in [-0.2, 0) is 0 Å². The van der Waals surface area contributed by atoms with Crippen LogP contribution in [0.3, 0.4) is 0 Å². The fraction of sp³-hybridized carbons (Fsp3) is 0.0714. The van der Waals surface area contributed by atoms with Crippen LogP contribution in [0.25, 0.3) is 22.8 Å². The first kappa shape index (κ1) is 15.2. The monoisotopic (exact) mass is 330 g/mol. The second-order valence-corrected chi connectivity index (χ2v) is 4.64.